The number of aryl methyl sites for hydroxylation is 1. The number of benzene rings is 2. The molecule has 0 aliphatic heterocycles. The fourth-order valence-corrected chi connectivity index (χ4v) is 3.06. The quantitative estimate of drug-likeness (QED) is 0.433. The molecule has 8 nitrogen and oxygen atoms in total. The second kappa shape index (κ2) is 10.8. The average molecular weight is 477 g/mol. The second-order valence-electron chi connectivity index (χ2n) is 6.97. The van der Waals surface area contributed by atoms with Crippen molar-refractivity contribution in [2.24, 2.45) is 0 Å². The highest BCUT2D eigenvalue weighted by atomic mass is 35.5. The number of methoxy groups -OCH3 is 2. The number of hydrogen-bond donors (Lipinski definition) is 0. The van der Waals surface area contributed by atoms with Gasteiger partial charge in [-0.1, -0.05) is 11.6 Å². The lowest BCUT2D eigenvalue weighted by molar-refractivity contribution is -0.141. The average Bonchev–Trinajstić information content (AvgIpc) is 3.19. The molecule has 1 aromatic heterocycles. The largest absolute Gasteiger partial charge is 0.487 e. The van der Waals surface area contributed by atoms with Crippen molar-refractivity contribution < 1.29 is 32.6 Å². The van der Waals surface area contributed by atoms with Gasteiger partial charge in [0.05, 0.1) is 20.8 Å². The maximum atomic E-state index is 14.4. The van der Waals surface area contributed by atoms with Gasteiger partial charge in [0.15, 0.2) is 0 Å². The number of hydrogen-bond acceptors (Lipinski definition) is 7. The first kappa shape index (κ1) is 24.1. The van der Waals surface area contributed by atoms with Gasteiger partial charge >= 0.3 is 12.1 Å². The van der Waals surface area contributed by atoms with E-state index in [1.807, 2.05) is 0 Å². The first-order chi connectivity index (χ1) is 15.8. The number of rotatable bonds is 8. The van der Waals surface area contributed by atoms with E-state index in [2.05, 4.69) is 14.5 Å². The van der Waals surface area contributed by atoms with Crippen molar-refractivity contribution in [3.05, 3.63) is 70.3 Å². The van der Waals surface area contributed by atoms with Gasteiger partial charge in [0.25, 0.3) is 0 Å². The molecule has 0 aliphatic rings. The number of ether oxygens (including phenoxy) is 3. The van der Waals surface area contributed by atoms with Crippen LogP contribution in [0, 0.1) is 12.7 Å². The molecule has 1 heterocycles. The Kier molecular flexibility index (Phi) is 7.89. The van der Waals surface area contributed by atoms with Crippen molar-refractivity contribution in [3.63, 3.8) is 0 Å². The summed E-state index contributed by atoms with van der Waals surface area (Å²) in [5.41, 5.74) is 1.49. The predicted octanol–water partition coefficient (Wildman–Crippen LogP) is 4.76. The lowest BCUT2D eigenvalue weighted by atomic mass is 10.2. The first-order valence-corrected chi connectivity index (χ1v) is 10.2. The normalized spacial score (nSPS) is 10.6. The van der Waals surface area contributed by atoms with E-state index in [-0.39, 0.29) is 25.3 Å². The number of carbonyl (C=O) groups is 2. The van der Waals surface area contributed by atoms with Crippen LogP contribution in [0.3, 0.4) is 0 Å². The number of oxazole rings is 1. The van der Waals surface area contributed by atoms with Gasteiger partial charge in [-0.15, -0.1) is 0 Å². The molecule has 0 atom stereocenters. The number of nitrogens with zero attached hydrogens (tertiary/aromatic N) is 2. The third kappa shape index (κ3) is 6.23. The number of halogens is 2. The summed E-state index contributed by atoms with van der Waals surface area (Å²) >= 11 is 5.92. The Morgan fingerprint density at radius 2 is 1.85 bits per heavy atom. The van der Waals surface area contributed by atoms with Gasteiger partial charge in [-0.3, -0.25) is 9.69 Å². The SMILES string of the molecule is COC(=O)CN(Cc1cc(OCc2nc(-c3ccc(Cl)cc3)oc2C)ccc1F)C(=O)OC. The summed E-state index contributed by atoms with van der Waals surface area (Å²) in [6.07, 6.45) is -0.793. The van der Waals surface area contributed by atoms with E-state index in [1.54, 1.807) is 31.2 Å². The van der Waals surface area contributed by atoms with Crippen LogP contribution in [0.2, 0.25) is 5.02 Å². The molecule has 174 valence electrons. The third-order valence-corrected chi connectivity index (χ3v) is 4.97. The number of aromatic nitrogens is 1. The molecule has 10 heteroatoms. The van der Waals surface area contributed by atoms with Gasteiger partial charge < -0.3 is 18.6 Å². The number of amides is 1. The Hall–Kier alpha value is -3.59. The highest BCUT2D eigenvalue weighted by Gasteiger charge is 2.20. The molecule has 0 aliphatic carbocycles. The van der Waals surface area contributed by atoms with Gasteiger partial charge in [-0.2, -0.15) is 0 Å². The molecule has 0 saturated carbocycles. The van der Waals surface area contributed by atoms with Crippen molar-refractivity contribution in [3.8, 4) is 17.2 Å². The summed E-state index contributed by atoms with van der Waals surface area (Å²) in [6.45, 7) is 1.24. The molecular formula is C23H22ClFN2O6. The van der Waals surface area contributed by atoms with E-state index in [0.29, 0.717) is 28.1 Å². The number of esters is 1. The van der Waals surface area contributed by atoms with Crippen molar-refractivity contribution in [1.82, 2.24) is 9.88 Å². The van der Waals surface area contributed by atoms with Crippen LogP contribution >= 0.6 is 11.6 Å². The van der Waals surface area contributed by atoms with Gasteiger partial charge in [0, 0.05) is 16.1 Å². The zero-order valence-corrected chi connectivity index (χ0v) is 19.0. The molecule has 0 unspecified atom stereocenters. The predicted molar refractivity (Wildman–Crippen MR) is 117 cm³/mol. The van der Waals surface area contributed by atoms with E-state index >= 15 is 0 Å². The summed E-state index contributed by atoms with van der Waals surface area (Å²) in [7, 11) is 2.36. The van der Waals surface area contributed by atoms with E-state index in [4.69, 9.17) is 20.8 Å². The molecule has 33 heavy (non-hydrogen) atoms. The van der Waals surface area contributed by atoms with Crippen LogP contribution in [0.4, 0.5) is 9.18 Å². The first-order valence-electron chi connectivity index (χ1n) is 9.84. The zero-order chi connectivity index (χ0) is 24.0. The summed E-state index contributed by atoms with van der Waals surface area (Å²) in [5.74, 6) is 0.135. The zero-order valence-electron chi connectivity index (χ0n) is 18.3. The molecule has 0 fully saturated rings. The van der Waals surface area contributed by atoms with Crippen molar-refractivity contribution in [2.45, 2.75) is 20.1 Å². The number of carbonyl (C=O) groups excluding carboxylic acids is 2. The molecule has 1 amide bonds. The minimum atomic E-state index is -0.793. The summed E-state index contributed by atoms with van der Waals surface area (Å²) < 4.78 is 35.1. The van der Waals surface area contributed by atoms with Gasteiger partial charge in [0.2, 0.25) is 5.89 Å². The maximum absolute atomic E-state index is 14.4. The van der Waals surface area contributed by atoms with Crippen LogP contribution in [0.25, 0.3) is 11.5 Å². The minimum absolute atomic E-state index is 0.0802. The highest BCUT2D eigenvalue weighted by Crippen LogP contribution is 2.25. The van der Waals surface area contributed by atoms with Crippen LogP contribution in [0.5, 0.6) is 5.75 Å². The summed E-state index contributed by atoms with van der Waals surface area (Å²) in [5, 5.41) is 0.607. The van der Waals surface area contributed by atoms with Crippen molar-refractivity contribution in [2.75, 3.05) is 20.8 Å². The Morgan fingerprint density at radius 1 is 1.12 bits per heavy atom. The fourth-order valence-electron chi connectivity index (χ4n) is 2.93. The van der Waals surface area contributed by atoms with Crippen molar-refractivity contribution in [1.29, 1.82) is 0 Å². The molecule has 0 radical (unpaired) electrons. The van der Waals surface area contributed by atoms with Gasteiger partial charge in [-0.05, 0) is 49.4 Å². The fraction of sp³-hybridized carbons (Fsp3) is 0.261. The van der Waals surface area contributed by atoms with E-state index < -0.39 is 17.9 Å². The van der Waals surface area contributed by atoms with Crippen molar-refractivity contribution >= 4 is 23.7 Å². The third-order valence-electron chi connectivity index (χ3n) is 4.72. The monoisotopic (exact) mass is 476 g/mol. The summed E-state index contributed by atoms with van der Waals surface area (Å²) in [6, 6.07) is 11.2. The van der Waals surface area contributed by atoms with Crippen LogP contribution in [-0.4, -0.2) is 42.7 Å². The standard InChI is InChI=1S/C23H22ClFN2O6/c1-14-20(26-22(33-14)15-4-6-17(24)7-5-15)13-32-18-8-9-19(25)16(10-18)11-27(23(29)31-3)12-21(28)30-2/h4-10H,11-13H2,1-3H3. The molecule has 0 saturated heterocycles. The second-order valence-corrected chi connectivity index (χ2v) is 7.41. The van der Waals surface area contributed by atoms with Crippen LogP contribution in [-0.2, 0) is 27.4 Å². The molecule has 0 bridgehead atoms. The molecule has 0 N–H and O–H groups in total. The molecule has 3 aromatic rings. The molecular weight excluding hydrogens is 455 g/mol. The summed E-state index contributed by atoms with van der Waals surface area (Å²) in [4.78, 5) is 29.0. The van der Waals surface area contributed by atoms with Crippen LogP contribution < -0.4 is 4.74 Å². The van der Waals surface area contributed by atoms with E-state index in [9.17, 15) is 14.0 Å². The molecule has 2 aromatic carbocycles. The maximum Gasteiger partial charge on any atom is 0.410 e. The highest BCUT2D eigenvalue weighted by molar-refractivity contribution is 6.30. The lowest BCUT2D eigenvalue weighted by Gasteiger charge is -2.20. The molecule has 3 rings (SSSR count). The Labute approximate surface area is 194 Å². The van der Waals surface area contributed by atoms with Gasteiger partial charge in [0.1, 0.15) is 36.2 Å². The van der Waals surface area contributed by atoms with Crippen LogP contribution in [0.1, 0.15) is 17.0 Å². The Bertz CT molecular complexity index is 1130. The smallest absolute Gasteiger partial charge is 0.410 e. The molecule has 0 spiro atoms. The van der Waals surface area contributed by atoms with E-state index in [0.717, 1.165) is 10.5 Å². The van der Waals surface area contributed by atoms with E-state index in [1.165, 1.54) is 32.4 Å². The Morgan fingerprint density at radius 3 is 2.52 bits per heavy atom. The van der Waals surface area contributed by atoms with Gasteiger partial charge in [-0.25, -0.2) is 14.2 Å². The van der Waals surface area contributed by atoms with Crippen LogP contribution in [0.15, 0.2) is 46.9 Å². The minimum Gasteiger partial charge on any atom is -0.487 e. The lowest BCUT2D eigenvalue weighted by Crippen LogP contribution is -2.35. The topological polar surface area (TPSA) is 91.1 Å². The Balaban J connectivity index is 1.72.